The van der Waals surface area contributed by atoms with Crippen LogP contribution in [-0.4, -0.2) is 34.4 Å². The number of halogens is 1. The Hall–Kier alpha value is -2.25. The van der Waals surface area contributed by atoms with Crippen LogP contribution < -0.4 is 11.1 Å². The van der Waals surface area contributed by atoms with Gasteiger partial charge in [0.05, 0.1) is 18.0 Å². The van der Waals surface area contributed by atoms with Crippen LogP contribution in [0, 0.1) is 11.7 Å². The molecule has 1 aromatic heterocycles. The molecule has 1 fully saturated rings. The van der Waals surface area contributed by atoms with Crippen molar-refractivity contribution in [2.75, 3.05) is 6.61 Å². The molecule has 0 aliphatic heterocycles. The Kier molecular flexibility index (Phi) is 6.58. The molecule has 3 atom stereocenters. The highest BCUT2D eigenvalue weighted by Gasteiger charge is 2.32. The number of nitrogens with one attached hydrogen (secondary N) is 1. The number of amides is 1. The van der Waals surface area contributed by atoms with Crippen LogP contribution in [0.15, 0.2) is 36.7 Å². The minimum atomic E-state index is -0.285. The first-order valence-corrected chi connectivity index (χ1v) is 9.51. The molecule has 3 N–H and O–H groups in total. The number of ether oxygens (including phenoxy) is 1. The molecule has 1 aliphatic carbocycles. The summed E-state index contributed by atoms with van der Waals surface area (Å²) in [6.45, 7) is 3.14. The van der Waals surface area contributed by atoms with Crippen molar-refractivity contribution in [1.82, 2.24) is 15.1 Å². The molecule has 1 amide bonds. The van der Waals surface area contributed by atoms with Gasteiger partial charge in [0, 0.05) is 36.9 Å². The van der Waals surface area contributed by atoms with E-state index >= 15 is 0 Å². The molecule has 2 aromatic rings. The van der Waals surface area contributed by atoms with Crippen LogP contribution >= 0.6 is 0 Å². The van der Waals surface area contributed by atoms with Gasteiger partial charge in [-0.25, -0.2) is 9.07 Å². The average Bonchev–Trinajstić information content (AvgIpc) is 3.15. The average molecular weight is 374 g/mol. The van der Waals surface area contributed by atoms with Gasteiger partial charge in [-0.3, -0.25) is 4.79 Å². The number of rotatable bonds is 7. The van der Waals surface area contributed by atoms with Crippen molar-refractivity contribution in [1.29, 1.82) is 0 Å². The maximum atomic E-state index is 13.0. The maximum Gasteiger partial charge on any atom is 0.223 e. The van der Waals surface area contributed by atoms with E-state index < -0.39 is 0 Å². The summed E-state index contributed by atoms with van der Waals surface area (Å²) < 4.78 is 20.5. The van der Waals surface area contributed by atoms with Crippen molar-refractivity contribution >= 4 is 5.91 Å². The Labute approximate surface area is 158 Å². The number of hydrogen-bond donors (Lipinski definition) is 2. The Bertz CT molecular complexity index is 747. The molecule has 3 rings (SSSR count). The zero-order chi connectivity index (χ0) is 19.2. The Morgan fingerprint density at radius 3 is 2.89 bits per heavy atom. The van der Waals surface area contributed by atoms with E-state index in [-0.39, 0.29) is 29.8 Å². The zero-order valence-electron chi connectivity index (χ0n) is 15.6. The fourth-order valence-corrected chi connectivity index (χ4v) is 3.37. The first kappa shape index (κ1) is 19.5. The fourth-order valence-electron chi connectivity index (χ4n) is 3.37. The van der Waals surface area contributed by atoms with Crippen molar-refractivity contribution in [2.45, 2.75) is 51.3 Å². The van der Waals surface area contributed by atoms with Crippen LogP contribution in [0.5, 0.6) is 0 Å². The first-order valence-electron chi connectivity index (χ1n) is 9.51. The number of nitrogens with zero attached hydrogens (tertiary/aromatic N) is 2. The molecular weight excluding hydrogens is 347 g/mol. The predicted octanol–water partition coefficient (Wildman–Crippen LogP) is 2.55. The number of hydrogen-bond acceptors (Lipinski definition) is 4. The topological polar surface area (TPSA) is 82.2 Å². The molecule has 0 saturated heterocycles. The van der Waals surface area contributed by atoms with Crippen LogP contribution in [-0.2, 0) is 16.1 Å². The molecule has 1 aromatic carbocycles. The second-order valence-corrected chi connectivity index (χ2v) is 7.07. The van der Waals surface area contributed by atoms with Crippen molar-refractivity contribution in [3.63, 3.8) is 0 Å². The normalized spacial score (nSPS) is 22.6. The number of nitrogens with two attached hydrogens (primary N) is 1. The highest BCUT2D eigenvalue weighted by atomic mass is 19.1. The Balaban J connectivity index is 1.52. The van der Waals surface area contributed by atoms with Gasteiger partial charge in [-0.2, -0.15) is 5.10 Å². The highest BCUT2D eigenvalue weighted by Crippen LogP contribution is 2.26. The largest absolute Gasteiger partial charge is 0.377 e. The first-order chi connectivity index (χ1) is 13.1. The molecule has 1 aliphatic rings. The third kappa shape index (κ3) is 5.14. The van der Waals surface area contributed by atoms with Crippen molar-refractivity contribution in [2.24, 2.45) is 11.7 Å². The molecule has 0 unspecified atom stereocenters. The van der Waals surface area contributed by atoms with E-state index in [2.05, 4.69) is 17.3 Å². The maximum absolute atomic E-state index is 13.0. The molecule has 7 heteroatoms. The van der Waals surface area contributed by atoms with E-state index in [0.29, 0.717) is 19.6 Å². The monoisotopic (exact) mass is 374 g/mol. The molecule has 1 saturated carbocycles. The van der Waals surface area contributed by atoms with Gasteiger partial charge in [0.15, 0.2) is 0 Å². The molecule has 146 valence electrons. The van der Waals surface area contributed by atoms with Gasteiger partial charge in [0.1, 0.15) is 5.82 Å². The smallest absolute Gasteiger partial charge is 0.223 e. The van der Waals surface area contributed by atoms with Gasteiger partial charge in [0.25, 0.3) is 0 Å². The molecule has 6 nitrogen and oxygen atoms in total. The van der Waals surface area contributed by atoms with Crippen LogP contribution in [0.1, 0.15) is 38.2 Å². The van der Waals surface area contributed by atoms with Crippen molar-refractivity contribution in [3.8, 4) is 5.69 Å². The minimum Gasteiger partial charge on any atom is -0.377 e. The summed E-state index contributed by atoms with van der Waals surface area (Å²) >= 11 is 0. The Morgan fingerprint density at radius 2 is 2.15 bits per heavy atom. The summed E-state index contributed by atoms with van der Waals surface area (Å²) in [5.41, 5.74) is 7.78. The molecular formula is C20H27FN4O2. The number of carbonyl (C=O) groups is 1. The molecule has 0 radical (unpaired) electrons. The van der Waals surface area contributed by atoms with Crippen molar-refractivity contribution < 1.29 is 13.9 Å². The van der Waals surface area contributed by atoms with Gasteiger partial charge >= 0.3 is 0 Å². The van der Waals surface area contributed by atoms with Gasteiger partial charge in [-0.1, -0.05) is 6.92 Å². The summed E-state index contributed by atoms with van der Waals surface area (Å²) in [5.74, 6) is -0.327. The van der Waals surface area contributed by atoms with E-state index in [1.54, 1.807) is 23.0 Å². The number of benzene rings is 1. The van der Waals surface area contributed by atoms with E-state index in [9.17, 15) is 9.18 Å². The minimum absolute atomic E-state index is 0.00883. The molecule has 1 heterocycles. The molecule has 0 spiro atoms. The quantitative estimate of drug-likeness (QED) is 0.780. The van der Waals surface area contributed by atoms with Crippen LogP contribution in [0.25, 0.3) is 5.69 Å². The fraction of sp³-hybridized carbons (Fsp3) is 0.500. The molecule has 27 heavy (non-hydrogen) atoms. The summed E-state index contributed by atoms with van der Waals surface area (Å²) in [4.78, 5) is 12.5. The van der Waals surface area contributed by atoms with Crippen molar-refractivity contribution in [3.05, 3.63) is 48.0 Å². The summed E-state index contributed by atoms with van der Waals surface area (Å²) in [6.07, 6.45) is 6.68. The van der Waals surface area contributed by atoms with E-state index in [4.69, 9.17) is 10.5 Å². The Morgan fingerprint density at radius 1 is 1.37 bits per heavy atom. The van der Waals surface area contributed by atoms with Crippen LogP contribution in [0.4, 0.5) is 4.39 Å². The highest BCUT2D eigenvalue weighted by molar-refractivity contribution is 5.78. The lowest BCUT2D eigenvalue weighted by molar-refractivity contribution is -0.128. The van der Waals surface area contributed by atoms with Gasteiger partial charge in [-0.05, 0) is 49.9 Å². The predicted molar refractivity (Wildman–Crippen MR) is 101 cm³/mol. The van der Waals surface area contributed by atoms with Gasteiger partial charge in [-0.15, -0.1) is 0 Å². The SMILES string of the molecule is CCCO[C@@H]1C[C@@H](C(=O)NCc2cnn(-c3ccc(F)cc3)c2)CC[C@H]1N. The lowest BCUT2D eigenvalue weighted by Crippen LogP contribution is -2.45. The van der Waals surface area contributed by atoms with E-state index in [0.717, 1.165) is 30.5 Å². The van der Waals surface area contributed by atoms with E-state index in [1.807, 2.05) is 6.20 Å². The zero-order valence-corrected chi connectivity index (χ0v) is 15.6. The molecule has 0 bridgehead atoms. The van der Waals surface area contributed by atoms with Crippen LogP contribution in [0.3, 0.4) is 0 Å². The summed E-state index contributed by atoms with van der Waals surface area (Å²) in [6, 6.07) is 6.11. The lowest BCUT2D eigenvalue weighted by Gasteiger charge is -2.33. The second-order valence-electron chi connectivity index (χ2n) is 7.07. The number of carbonyl (C=O) groups excluding carboxylic acids is 1. The summed E-state index contributed by atoms with van der Waals surface area (Å²) in [5, 5.41) is 7.25. The van der Waals surface area contributed by atoms with E-state index in [1.165, 1.54) is 12.1 Å². The standard InChI is InChI=1S/C20H27FN4O2/c1-2-9-27-19-10-15(3-8-18(19)22)20(26)23-11-14-12-24-25(13-14)17-6-4-16(21)5-7-17/h4-7,12-13,15,18-19H,2-3,8-11,22H2,1H3,(H,23,26)/t15-,18+,19+/m0/s1. The second kappa shape index (κ2) is 9.10. The van der Waals surface area contributed by atoms with Gasteiger partial charge < -0.3 is 15.8 Å². The third-order valence-corrected chi connectivity index (χ3v) is 4.94. The summed E-state index contributed by atoms with van der Waals surface area (Å²) in [7, 11) is 0. The number of aromatic nitrogens is 2. The third-order valence-electron chi connectivity index (χ3n) is 4.94. The lowest BCUT2D eigenvalue weighted by atomic mass is 9.83. The van der Waals surface area contributed by atoms with Crippen LogP contribution in [0.2, 0.25) is 0 Å². The van der Waals surface area contributed by atoms with Gasteiger partial charge in [0.2, 0.25) is 5.91 Å².